The normalized spacial score (nSPS) is 11.4. The molecule has 0 aliphatic heterocycles. The van der Waals surface area contributed by atoms with Gasteiger partial charge in [-0.15, -0.1) is 0 Å². The fourth-order valence-electron chi connectivity index (χ4n) is 4.72. The van der Waals surface area contributed by atoms with Crippen molar-refractivity contribution in [3.05, 3.63) is 137 Å². The van der Waals surface area contributed by atoms with E-state index in [0.29, 0.717) is 33.3 Å². The van der Waals surface area contributed by atoms with E-state index in [0.717, 1.165) is 11.3 Å². The number of pyridine rings is 1. The van der Waals surface area contributed by atoms with Crippen molar-refractivity contribution in [1.82, 2.24) is 4.98 Å². The van der Waals surface area contributed by atoms with Gasteiger partial charge in [0.15, 0.2) is 0 Å². The SMILES string of the molecule is CCOC(=O)c1cnc2c(C(O)(c3ccc(F)cc3)c3ccc(F)cc3)cccc2c1Nc1ccccc1C. The summed E-state index contributed by atoms with van der Waals surface area (Å²) < 4.78 is 33.0. The highest BCUT2D eigenvalue weighted by Crippen LogP contribution is 2.42. The number of hydrogen-bond donors (Lipinski definition) is 2. The van der Waals surface area contributed by atoms with Crippen molar-refractivity contribution >= 4 is 28.2 Å². The molecule has 0 radical (unpaired) electrons. The summed E-state index contributed by atoms with van der Waals surface area (Å²) >= 11 is 0. The van der Waals surface area contributed by atoms with Gasteiger partial charge in [0.2, 0.25) is 0 Å². The fraction of sp³-hybridized carbons (Fsp3) is 0.125. The average Bonchev–Trinajstić information content (AvgIpc) is 2.94. The zero-order valence-corrected chi connectivity index (χ0v) is 21.4. The van der Waals surface area contributed by atoms with Gasteiger partial charge >= 0.3 is 5.97 Å². The van der Waals surface area contributed by atoms with Gasteiger partial charge in [-0.2, -0.15) is 0 Å². The second-order valence-corrected chi connectivity index (χ2v) is 9.13. The third kappa shape index (κ3) is 4.84. The molecule has 39 heavy (non-hydrogen) atoms. The number of nitrogens with one attached hydrogen (secondary N) is 1. The Kier molecular flexibility index (Phi) is 7.09. The largest absolute Gasteiger partial charge is 0.462 e. The van der Waals surface area contributed by atoms with Gasteiger partial charge in [-0.25, -0.2) is 13.6 Å². The van der Waals surface area contributed by atoms with E-state index in [1.807, 2.05) is 31.2 Å². The Labute approximate surface area is 224 Å². The fourth-order valence-corrected chi connectivity index (χ4v) is 4.72. The van der Waals surface area contributed by atoms with E-state index in [1.165, 1.54) is 54.7 Å². The van der Waals surface area contributed by atoms with Crippen LogP contribution in [0, 0.1) is 18.6 Å². The number of anilines is 2. The Morgan fingerprint density at radius 1 is 0.897 bits per heavy atom. The lowest BCUT2D eigenvalue weighted by Crippen LogP contribution is -2.29. The number of carbonyl (C=O) groups is 1. The molecule has 5 rings (SSSR count). The third-order valence-electron chi connectivity index (χ3n) is 6.71. The van der Waals surface area contributed by atoms with Crippen LogP contribution in [0.15, 0.2) is 97.2 Å². The van der Waals surface area contributed by atoms with Crippen LogP contribution in [0.4, 0.5) is 20.2 Å². The van der Waals surface area contributed by atoms with E-state index in [2.05, 4.69) is 10.3 Å². The molecule has 1 heterocycles. The van der Waals surface area contributed by atoms with E-state index in [4.69, 9.17) is 4.74 Å². The maximum Gasteiger partial charge on any atom is 0.341 e. The molecular weight excluding hydrogens is 498 g/mol. The number of aliphatic hydroxyl groups is 1. The van der Waals surface area contributed by atoms with Crippen LogP contribution in [0.3, 0.4) is 0 Å². The molecule has 1 aromatic heterocycles. The highest BCUT2D eigenvalue weighted by atomic mass is 19.1. The summed E-state index contributed by atoms with van der Waals surface area (Å²) in [5.74, 6) is -1.46. The smallest absolute Gasteiger partial charge is 0.341 e. The van der Waals surface area contributed by atoms with Crippen LogP contribution in [-0.2, 0) is 10.3 Å². The van der Waals surface area contributed by atoms with Crippen molar-refractivity contribution in [3.63, 3.8) is 0 Å². The van der Waals surface area contributed by atoms with Crippen LogP contribution >= 0.6 is 0 Å². The topological polar surface area (TPSA) is 71.5 Å². The highest BCUT2D eigenvalue weighted by molar-refractivity contribution is 6.07. The number of esters is 1. The Balaban J connectivity index is 1.80. The number of rotatable bonds is 7. The molecule has 5 aromatic rings. The number of aromatic nitrogens is 1. The maximum absolute atomic E-state index is 13.9. The number of nitrogens with zero attached hydrogens (tertiary/aromatic N) is 1. The third-order valence-corrected chi connectivity index (χ3v) is 6.71. The minimum absolute atomic E-state index is 0.190. The van der Waals surface area contributed by atoms with Crippen LogP contribution in [-0.4, -0.2) is 22.7 Å². The lowest BCUT2D eigenvalue weighted by atomic mass is 9.79. The Hall–Kier alpha value is -4.62. The molecule has 2 N–H and O–H groups in total. The summed E-state index contributed by atoms with van der Waals surface area (Å²) in [6, 6.07) is 23.9. The zero-order chi connectivity index (χ0) is 27.6. The number of halogens is 2. The molecule has 0 fully saturated rings. The lowest BCUT2D eigenvalue weighted by Gasteiger charge is -2.31. The van der Waals surface area contributed by atoms with Gasteiger partial charge in [-0.1, -0.05) is 60.7 Å². The summed E-state index contributed by atoms with van der Waals surface area (Å²) in [6.45, 7) is 3.86. The highest BCUT2D eigenvalue weighted by Gasteiger charge is 2.36. The number of carbonyl (C=O) groups excluding carboxylic acids is 1. The van der Waals surface area contributed by atoms with Gasteiger partial charge in [0, 0.05) is 22.8 Å². The molecular formula is C32H26F2N2O3. The van der Waals surface area contributed by atoms with Crippen molar-refractivity contribution < 1.29 is 23.4 Å². The van der Waals surface area contributed by atoms with E-state index in [1.54, 1.807) is 25.1 Å². The first kappa shape index (κ1) is 26.0. The Bertz CT molecular complexity index is 1610. The summed E-state index contributed by atoms with van der Waals surface area (Å²) in [7, 11) is 0. The standard InChI is InChI=1S/C32H26F2N2O3/c1-3-39-31(37)26-19-35-30-25(29(26)36-28-10-5-4-7-20(28)2)8-6-9-27(30)32(38,21-11-15-23(33)16-12-21)22-13-17-24(34)18-14-22/h4-19,38H,3H2,1-2H3,(H,35,36). The van der Waals surface area contributed by atoms with Crippen LogP contribution in [0.2, 0.25) is 0 Å². The molecule has 0 bridgehead atoms. The Morgan fingerprint density at radius 3 is 2.10 bits per heavy atom. The molecule has 7 heteroatoms. The molecule has 0 saturated heterocycles. The second-order valence-electron chi connectivity index (χ2n) is 9.13. The second kappa shape index (κ2) is 10.6. The van der Waals surface area contributed by atoms with Crippen molar-refractivity contribution in [2.45, 2.75) is 19.4 Å². The average molecular weight is 525 g/mol. The molecule has 0 unspecified atom stereocenters. The van der Waals surface area contributed by atoms with Gasteiger partial charge < -0.3 is 15.2 Å². The first-order chi connectivity index (χ1) is 18.8. The summed E-state index contributed by atoms with van der Waals surface area (Å²) in [4.78, 5) is 17.6. The van der Waals surface area contributed by atoms with E-state index >= 15 is 0 Å². The van der Waals surface area contributed by atoms with Crippen LogP contribution < -0.4 is 5.32 Å². The van der Waals surface area contributed by atoms with E-state index < -0.39 is 23.2 Å². The first-order valence-electron chi connectivity index (χ1n) is 12.5. The molecule has 0 aliphatic rings. The number of benzene rings is 4. The predicted molar refractivity (Wildman–Crippen MR) is 147 cm³/mol. The van der Waals surface area contributed by atoms with Gasteiger partial charge in [-0.05, 0) is 60.9 Å². The summed E-state index contributed by atoms with van der Waals surface area (Å²) in [6.07, 6.45) is 1.42. The van der Waals surface area contributed by atoms with Crippen LogP contribution in [0.5, 0.6) is 0 Å². The van der Waals surface area contributed by atoms with Gasteiger partial charge in [0.25, 0.3) is 0 Å². The van der Waals surface area contributed by atoms with E-state index in [-0.39, 0.29) is 12.2 Å². The van der Waals surface area contributed by atoms with Gasteiger partial charge in [-0.3, -0.25) is 4.98 Å². The molecule has 0 spiro atoms. The van der Waals surface area contributed by atoms with Crippen LogP contribution in [0.25, 0.3) is 10.9 Å². The van der Waals surface area contributed by atoms with Crippen molar-refractivity contribution in [2.24, 2.45) is 0 Å². The predicted octanol–water partition coefficient (Wildman–Crippen LogP) is 7.03. The van der Waals surface area contributed by atoms with Crippen molar-refractivity contribution in [1.29, 1.82) is 0 Å². The lowest BCUT2D eigenvalue weighted by molar-refractivity contribution is 0.0527. The van der Waals surface area contributed by atoms with Crippen LogP contribution in [0.1, 0.15) is 39.5 Å². The number of hydrogen-bond acceptors (Lipinski definition) is 5. The van der Waals surface area contributed by atoms with Crippen molar-refractivity contribution in [2.75, 3.05) is 11.9 Å². The van der Waals surface area contributed by atoms with Crippen molar-refractivity contribution in [3.8, 4) is 0 Å². The minimum Gasteiger partial charge on any atom is -0.462 e. The molecule has 5 nitrogen and oxygen atoms in total. The molecule has 4 aromatic carbocycles. The molecule has 0 atom stereocenters. The quantitative estimate of drug-likeness (QED) is 0.177. The number of para-hydroxylation sites is 2. The summed E-state index contributed by atoms with van der Waals surface area (Å²) in [5, 5.41) is 16.3. The number of aryl methyl sites for hydroxylation is 1. The van der Waals surface area contributed by atoms with E-state index in [9.17, 15) is 18.7 Å². The monoisotopic (exact) mass is 524 g/mol. The number of fused-ring (bicyclic) bond motifs is 1. The molecule has 196 valence electrons. The molecule has 0 saturated carbocycles. The van der Waals surface area contributed by atoms with Gasteiger partial charge in [0.05, 0.1) is 17.8 Å². The molecule has 0 aliphatic carbocycles. The van der Waals surface area contributed by atoms with Gasteiger partial charge in [0.1, 0.15) is 22.8 Å². The summed E-state index contributed by atoms with van der Waals surface area (Å²) in [5.41, 5.74) is 2.14. The maximum atomic E-state index is 13.9. The molecule has 0 amide bonds. The number of ether oxygens (including phenoxy) is 1. The minimum atomic E-state index is -1.82. The Morgan fingerprint density at radius 2 is 1.51 bits per heavy atom. The zero-order valence-electron chi connectivity index (χ0n) is 21.4. The first-order valence-corrected chi connectivity index (χ1v) is 12.5.